The number of benzene rings is 1. The van der Waals surface area contributed by atoms with Crippen LogP contribution in [0.25, 0.3) is 0 Å². The Morgan fingerprint density at radius 2 is 1.46 bits per heavy atom. The second-order valence-electron chi connectivity index (χ2n) is 4.52. The lowest BCUT2D eigenvalue weighted by atomic mass is 10.1. The van der Waals surface area contributed by atoms with E-state index in [0.717, 1.165) is 0 Å². The van der Waals surface area contributed by atoms with Crippen molar-refractivity contribution >= 4 is 108 Å². The molecule has 1 rings (SSSR count). The molecule has 0 atom stereocenters. The average molecular weight is 694 g/mol. The first-order chi connectivity index (χ1) is 10.8. The first kappa shape index (κ1) is 22.2. The van der Waals surface area contributed by atoms with Gasteiger partial charge in [0.25, 0.3) is 11.2 Å². The number of carbonyl (C=O) groups is 3. The predicted molar refractivity (Wildman–Crippen MR) is 112 cm³/mol. The van der Waals surface area contributed by atoms with Crippen molar-refractivity contribution in [2.75, 3.05) is 10.6 Å². The van der Waals surface area contributed by atoms with Gasteiger partial charge < -0.3 is 26.0 Å². The molecule has 0 bridgehead atoms. The van der Waals surface area contributed by atoms with Crippen LogP contribution >= 0.6 is 79.4 Å². The van der Waals surface area contributed by atoms with Crippen LogP contribution in [-0.4, -0.2) is 38.3 Å². The van der Waals surface area contributed by atoms with E-state index in [0.29, 0.717) is 10.7 Å². The minimum Gasteiger partial charge on any atom is -0.343 e. The van der Waals surface area contributed by atoms with E-state index in [-0.39, 0.29) is 16.9 Å². The van der Waals surface area contributed by atoms with Gasteiger partial charge in [-0.3, -0.25) is 14.4 Å². The van der Waals surface area contributed by atoms with Crippen molar-refractivity contribution < 1.29 is 29.7 Å². The fourth-order valence-electron chi connectivity index (χ4n) is 1.63. The molecule has 1 aromatic rings. The number of amides is 2. The van der Waals surface area contributed by atoms with E-state index < -0.39 is 29.5 Å². The topological polar surface area (TPSA) is 136 Å². The van der Waals surface area contributed by atoms with E-state index in [1.807, 2.05) is 45.2 Å². The van der Waals surface area contributed by atoms with Crippen LogP contribution in [0, 0.1) is 10.7 Å². The Hall–Kier alpha value is 0.190. The third-order valence-corrected chi connectivity index (χ3v) is 5.90. The van der Waals surface area contributed by atoms with E-state index >= 15 is 0 Å². The summed E-state index contributed by atoms with van der Waals surface area (Å²) < 4.78 is 1.12. The standard InChI is InChI=1S/C12H10ClI3N2O6/c1-3(19)17-9-6(14)5(11(13)21)7(15)10(8(9)16)18-4(20)2-12(22,23)24/h22-24H,2H2,1H3,(H,17,19)(H,18,20). The number of rotatable bonds is 5. The summed E-state index contributed by atoms with van der Waals surface area (Å²) in [6.45, 7) is 1.28. The Kier molecular flexibility index (Phi) is 8.08. The summed E-state index contributed by atoms with van der Waals surface area (Å²) in [5, 5.41) is 30.8. The number of nitrogens with one attached hydrogen (secondary N) is 2. The summed E-state index contributed by atoms with van der Waals surface area (Å²) in [4.78, 5) is 34.9. The third-order valence-electron chi connectivity index (χ3n) is 2.48. The van der Waals surface area contributed by atoms with Crippen molar-refractivity contribution in [2.45, 2.75) is 19.3 Å². The van der Waals surface area contributed by atoms with E-state index in [1.54, 1.807) is 22.6 Å². The molecule has 0 aliphatic carbocycles. The zero-order valence-electron chi connectivity index (χ0n) is 11.8. The Bertz CT molecular complexity index is 720. The van der Waals surface area contributed by atoms with Gasteiger partial charge in [0.2, 0.25) is 11.8 Å². The lowest BCUT2D eigenvalue weighted by Gasteiger charge is -2.19. The summed E-state index contributed by atoms with van der Waals surface area (Å²) >= 11 is 11.1. The van der Waals surface area contributed by atoms with Crippen molar-refractivity contribution in [2.24, 2.45) is 0 Å². The highest BCUT2D eigenvalue weighted by Crippen LogP contribution is 2.39. The second kappa shape index (κ2) is 8.72. The molecule has 0 radical (unpaired) electrons. The maximum Gasteiger partial charge on any atom is 0.284 e. The van der Waals surface area contributed by atoms with Crippen molar-refractivity contribution in [1.29, 1.82) is 0 Å². The van der Waals surface area contributed by atoms with Crippen LogP contribution in [0.3, 0.4) is 0 Å². The van der Waals surface area contributed by atoms with Gasteiger partial charge in [0.1, 0.15) is 6.42 Å². The number of hydrogen-bond donors (Lipinski definition) is 5. The molecule has 0 heterocycles. The highest BCUT2D eigenvalue weighted by molar-refractivity contribution is 14.1. The molecular formula is C12H10ClI3N2O6. The number of anilines is 2. The van der Waals surface area contributed by atoms with Gasteiger partial charge in [0.15, 0.2) is 0 Å². The van der Waals surface area contributed by atoms with Crippen molar-refractivity contribution in [1.82, 2.24) is 0 Å². The number of carbonyl (C=O) groups excluding carboxylic acids is 3. The molecule has 0 aromatic heterocycles. The zero-order chi connectivity index (χ0) is 18.8. The molecule has 132 valence electrons. The predicted octanol–water partition coefficient (Wildman–Crippen LogP) is 1.80. The lowest BCUT2D eigenvalue weighted by Crippen LogP contribution is -2.33. The molecule has 0 aliphatic heterocycles. The van der Waals surface area contributed by atoms with Gasteiger partial charge in [-0.15, -0.1) is 0 Å². The van der Waals surface area contributed by atoms with Gasteiger partial charge in [-0.2, -0.15) is 0 Å². The van der Waals surface area contributed by atoms with Crippen LogP contribution in [0.5, 0.6) is 0 Å². The van der Waals surface area contributed by atoms with Crippen molar-refractivity contribution in [3.05, 3.63) is 16.3 Å². The summed E-state index contributed by atoms with van der Waals surface area (Å²) in [6.07, 6.45) is -1.01. The molecule has 5 N–H and O–H groups in total. The molecule has 0 spiro atoms. The van der Waals surface area contributed by atoms with E-state index in [4.69, 9.17) is 26.9 Å². The SMILES string of the molecule is CC(=O)Nc1c(I)c(NC(=O)CC(O)(O)O)c(I)c(C(=O)Cl)c1I. The fraction of sp³-hybridized carbons (Fsp3) is 0.250. The van der Waals surface area contributed by atoms with E-state index in [2.05, 4.69) is 10.6 Å². The minimum absolute atomic E-state index is 0.0839. The van der Waals surface area contributed by atoms with E-state index in [9.17, 15) is 14.4 Å². The molecule has 2 amide bonds. The Morgan fingerprint density at radius 3 is 1.83 bits per heavy atom. The lowest BCUT2D eigenvalue weighted by molar-refractivity contribution is -0.309. The highest BCUT2D eigenvalue weighted by Gasteiger charge is 2.28. The molecule has 0 saturated heterocycles. The molecule has 1 aromatic carbocycles. The smallest absolute Gasteiger partial charge is 0.284 e. The zero-order valence-corrected chi connectivity index (χ0v) is 19.0. The van der Waals surface area contributed by atoms with Gasteiger partial charge in [0.05, 0.1) is 27.6 Å². The summed E-state index contributed by atoms with van der Waals surface area (Å²) in [5.74, 6) is -4.48. The number of halogens is 4. The summed E-state index contributed by atoms with van der Waals surface area (Å²) in [5.41, 5.74) is 0.519. The van der Waals surface area contributed by atoms with Gasteiger partial charge in [-0.1, -0.05) is 0 Å². The molecule has 0 fully saturated rings. The maximum absolute atomic E-state index is 11.8. The monoisotopic (exact) mass is 694 g/mol. The fourth-order valence-corrected chi connectivity index (χ4v) is 6.33. The first-order valence-corrected chi connectivity index (χ1v) is 9.61. The number of hydrogen-bond acceptors (Lipinski definition) is 6. The normalized spacial score (nSPS) is 11.2. The largest absolute Gasteiger partial charge is 0.343 e. The van der Waals surface area contributed by atoms with Gasteiger partial charge in [-0.25, -0.2) is 0 Å². The van der Waals surface area contributed by atoms with Crippen LogP contribution in [0.15, 0.2) is 0 Å². The van der Waals surface area contributed by atoms with Crippen molar-refractivity contribution in [3.8, 4) is 0 Å². The highest BCUT2D eigenvalue weighted by atomic mass is 127. The molecule has 24 heavy (non-hydrogen) atoms. The molecule has 0 aliphatic rings. The molecule has 0 saturated carbocycles. The third kappa shape index (κ3) is 5.87. The van der Waals surface area contributed by atoms with E-state index in [1.165, 1.54) is 6.92 Å². The summed E-state index contributed by atoms with van der Waals surface area (Å²) in [6, 6.07) is 0. The second-order valence-corrected chi connectivity index (χ2v) is 8.10. The molecule has 12 heteroatoms. The minimum atomic E-state index is -3.17. The number of aliphatic hydroxyl groups is 3. The van der Waals surface area contributed by atoms with Crippen LogP contribution in [-0.2, 0) is 9.59 Å². The average Bonchev–Trinajstić information content (AvgIpc) is 2.37. The molecule has 8 nitrogen and oxygen atoms in total. The van der Waals surface area contributed by atoms with Gasteiger partial charge >= 0.3 is 0 Å². The molecular weight excluding hydrogens is 684 g/mol. The Balaban J connectivity index is 3.48. The van der Waals surface area contributed by atoms with Gasteiger partial charge in [-0.05, 0) is 79.4 Å². The van der Waals surface area contributed by atoms with Crippen molar-refractivity contribution in [3.63, 3.8) is 0 Å². The molecule has 0 unspecified atom stereocenters. The van der Waals surface area contributed by atoms with Crippen LogP contribution < -0.4 is 10.6 Å². The van der Waals surface area contributed by atoms with Gasteiger partial charge in [0, 0.05) is 6.92 Å². The van der Waals surface area contributed by atoms with Crippen LogP contribution in [0.4, 0.5) is 11.4 Å². The maximum atomic E-state index is 11.8. The Morgan fingerprint density at radius 1 is 1.00 bits per heavy atom. The van der Waals surface area contributed by atoms with Crippen LogP contribution in [0.1, 0.15) is 23.7 Å². The quantitative estimate of drug-likeness (QED) is 0.181. The first-order valence-electron chi connectivity index (χ1n) is 6.00. The van der Waals surface area contributed by atoms with Crippen LogP contribution in [0.2, 0.25) is 0 Å². The Labute approximate surface area is 182 Å². The summed E-state index contributed by atoms with van der Waals surface area (Å²) in [7, 11) is 0.